The highest BCUT2D eigenvalue weighted by Crippen LogP contribution is 1.89. The molecular formula is C7H18NO2+. The van der Waals surface area contributed by atoms with Gasteiger partial charge in [-0.3, -0.25) is 0 Å². The molecule has 3 nitrogen and oxygen atoms in total. The van der Waals surface area contributed by atoms with Gasteiger partial charge in [0.1, 0.15) is 13.2 Å². The molecule has 0 atom stereocenters. The van der Waals surface area contributed by atoms with Crippen molar-refractivity contribution in [3.8, 4) is 0 Å². The number of likely N-dealkylation sites (N-methyl/N-ethyl adjacent to an activating group) is 1. The summed E-state index contributed by atoms with van der Waals surface area (Å²) in [6, 6.07) is 0. The summed E-state index contributed by atoms with van der Waals surface area (Å²) in [5.41, 5.74) is 0. The van der Waals surface area contributed by atoms with E-state index in [0.29, 0.717) is 13.2 Å². The summed E-state index contributed by atoms with van der Waals surface area (Å²) in [6.07, 6.45) is 0. The third kappa shape index (κ3) is 7.88. The minimum atomic E-state index is 0.622. The number of hydrogen-bond donors (Lipinski definition) is 0. The third-order valence-electron chi connectivity index (χ3n) is 1.05. The van der Waals surface area contributed by atoms with Crippen molar-refractivity contribution in [2.24, 2.45) is 0 Å². The summed E-state index contributed by atoms with van der Waals surface area (Å²) in [5.74, 6) is 0. The van der Waals surface area contributed by atoms with Crippen LogP contribution in [0.25, 0.3) is 0 Å². The largest absolute Gasteiger partial charge is 0.329 e. The summed E-state index contributed by atoms with van der Waals surface area (Å²) >= 11 is 0. The van der Waals surface area contributed by atoms with E-state index in [1.807, 2.05) is 6.92 Å². The molecule has 10 heavy (non-hydrogen) atoms. The van der Waals surface area contributed by atoms with Crippen LogP contribution in [-0.4, -0.2) is 45.4 Å². The van der Waals surface area contributed by atoms with Crippen LogP contribution >= 0.6 is 0 Å². The van der Waals surface area contributed by atoms with Crippen LogP contribution in [0.1, 0.15) is 6.92 Å². The van der Waals surface area contributed by atoms with Crippen molar-refractivity contribution in [3.05, 3.63) is 0 Å². The second-order valence-electron chi connectivity index (χ2n) is 3.24. The Hall–Kier alpha value is -0.120. The van der Waals surface area contributed by atoms with Crippen LogP contribution < -0.4 is 0 Å². The summed E-state index contributed by atoms with van der Waals surface area (Å²) in [7, 11) is 6.36. The molecule has 0 aromatic carbocycles. The van der Waals surface area contributed by atoms with E-state index in [1.165, 1.54) is 0 Å². The Morgan fingerprint density at radius 2 is 1.70 bits per heavy atom. The van der Waals surface area contributed by atoms with Crippen molar-refractivity contribution in [1.29, 1.82) is 0 Å². The molecule has 3 heteroatoms. The second-order valence-corrected chi connectivity index (χ2v) is 3.24. The standard InChI is InChI=1S/C7H18NO2/c1-5-9-10-7-6-8(2,3)4/h5-7H2,1-4H3/q+1. The lowest BCUT2D eigenvalue weighted by molar-refractivity contribution is -0.871. The van der Waals surface area contributed by atoms with Crippen LogP contribution in [0, 0.1) is 0 Å². The molecular weight excluding hydrogens is 130 g/mol. The monoisotopic (exact) mass is 148 g/mol. The van der Waals surface area contributed by atoms with Gasteiger partial charge in [-0.15, -0.1) is 0 Å². The smallest absolute Gasteiger partial charge is 0.131 e. The van der Waals surface area contributed by atoms with Crippen molar-refractivity contribution in [3.63, 3.8) is 0 Å². The van der Waals surface area contributed by atoms with Gasteiger partial charge in [-0.05, 0) is 6.92 Å². The molecule has 0 heterocycles. The molecule has 0 aliphatic heterocycles. The summed E-state index contributed by atoms with van der Waals surface area (Å²) in [6.45, 7) is 4.17. The van der Waals surface area contributed by atoms with Crippen molar-refractivity contribution < 1.29 is 14.3 Å². The lowest BCUT2D eigenvalue weighted by Gasteiger charge is -2.22. The molecule has 0 spiro atoms. The summed E-state index contributed by atoms with van der Waals surface area (Å²) in [5, 5.41) is 0. The molecule has 0 radical (unpaired) electrons. The molecule has 0 saturated carbocycles. The molecule has 0 aliphatic rings. The molecule has 62 valence electrons. The Morgan fingerprint density at radius 1 is 1.10 bits per heavy atom. The molecule has 0 amide bonds. The molecule has 0 aromatic heterocycles. The van der Waals surface area contributed by atoms with Crippen molar-refractivity contribution in [2.45, 2.75) is 6.92 Å². The first-order chi connectivity index (χ1) is 4.56. The number of nitrogens with zero attached hydrogens (tertiary/aromatic N) is 1. The summed E-state index contributed by atoms with van der Waals surface area (Å²) < 4.78 is 0.910. The van der Waals surface area contributed by atoms with E-state index in [1.54, 1.807) is 0 Å². The molecule has 0 saturated heterocycles. The summed E-state index contributed by atoms with van der Waals surface area (Å²) in [4.78, 5) is 9.56. The van der Waals surface area contributed by atoms with E-state index in [-0.39, 0.29) is 0 Å². The zero-order chi connectivity index (χ0) is 8.04. The quantitative estimate of drug-likeness (QED) is 0.247. The highest BCUT2D eigenvalue weighted by atomic mass is 17.2. The van der Waals surface area contributed by atoms with Crippen LogP contribution in [0.2, 0.25) is 0 Å². The minimum Gasteiger partial charge on any atom is -0.329 e. The van der Waals surface area contributed by atoms with Crippen molar-refractivity contribution in [2.75, 3.05) is 40.9 Å². The van der Waals surface area contributed by atoms with Gasteiger partial charge in [0, 0.05) is 0 Å². The molecule has 0 N–H and O–H groups in total. The van der Waals surface area contributed by atoms with Crippen LogP contribution in [0.4, 0.5) is 0 Å². The predicted octanol–water partition coefficient (Wildman–Crippen LogP) is 0.661. The second kappa shape index (κ2) is 4.66. The first kappa shape index (κ1) is 9.88. The Morgan fingerprint density at radius 3 is 2.10 bits per heavy atom. The van der Waals surface area contributed by atoms with Gasteiger partial charge in [0.15, 0.2) is 0 Å². The Kier molecular flexibility index (Phi) is 4.60. The predicted molar refractivity (Wildman–Crippen MR) is 40.5 cm³/mol. The minimum absolute atomic E-state index is 0.622. The fourth-order valence-electron chi connectivity index (χ4n) is 0.453. The first-order valence-corrected chi connectivity index (χ1v) is 3.61. The molecule has 0 fully saturated rings. The first-order valence-electron chi connectivity index (χ1n) is 3.61. The van der Waals surface area contributed by atoms with Gasteiger partial charge in [0.2, 0.25) is 0 Å². The number of quaternary nitrogens is 1. The maximum absolute atomic E-state index is 4.84. The van der Waals surface area contributed by atoms with Crippen LogP contribution in [0.5, 0.6) is 0 Å². The van der Waals surface area contributed by atoms with E-state index in [9.17, 15) is 0 Å². The van der Waals surface area contributed by atoms with Gasteiger partial charge >= 0.3 is 0 Å². The van der Waals surface area contributed by atoms with E-state index < -0.39 is 0 Å². The van der Waals surface area contributed by atoms with Gasteiger partial charge in [-0.2, -0.15) is 0 Å². The molecule has 0 aromatic rings. The maximum Gasteiger partial charge on any atom is 0.131 e. The molecule has 0 aliphatic carbocycles. The zero-order valence-corrected chi connectivity index (χ0v) is 7.39. The van der Waals surface area contributed by atoms with Gasteiger partial charge in [0.05, 0.1) is 27.7 Å². The Balaban J connectivity index is 3.04. The van der Waals surface area contributed by atoms with Crippen LogP contribution in [0.3, 0.4) is 0 Å². The lowest BCUT2D eigenvalue weighted by atomic mass is 10.5. The van der Waals surface area contributed by atoms with Gasteiger partial charge in [0.25, 0.3) is 0 Å². The van der Waals surface area contributed by atoms with Gasteiger partial charge in [-0.25, -0.2) is 9.78 Å². The highest BCUT2D eigenvalue weighted by molar-refractivity contribution is 4.22. The van der Waals surface area contributed by atoms with Crippen LogP contribution in [-0.2, 0) is 9.78 Å². The van der Waals surface area contributed by atoms with E-state index in [0.717, 1.165) is 11.0 Å². The fraction of sp³-hybridized carbons (Fsp3) is 1.00. The van der Waals surface area contributed by atoms with Crippen molar-refractivity contribution in [1.82, 2.24) is 0 Å². The van der Waals surface area contributed by atoms with Crippen LogP contribution in [0.15, 0.2) is 0 Å². The van der Waals surface area contributed by atoms with Gasteiger partial charge in [-0.1, -0.05) is 0 Å². The Labute approximate surface area is 63.1 Å². The average Bonchev–Trinajstić information content (AvgIpc) is 1.78. The lowest BCUT2D eigenvalue weighted by Crippen LogP contribution is -2.37. The number of rotatable bonds is 5. The molecule has 0 unspecified atom stereocenters. The third-order valence-corrected chi connectivity index (χ3v) is 1.05. The van der Waals surface area contributed by atoms with E-state index >= 15 is 0 Å². The fourth-order valence-corrected chi connectivity index (χ4v) is 0.453. The Bertz CT molecular complexity index is 78.2. The molecule has 0 rings (SSSR count). The SMILES string of the molecule is CCOOCC[N+](C)(C)C. The topological polar surface area (TPSA) is 18.5 Å². The van der Waals surface area contributed by atoms with E-state index in [4.69, 9.17) is 9.78 Å². The average molecular weight is 148 g/mol. The highest BCUT2D eigenvalue weighted by Gasteiger charge is 2.05. The number of hydrogen-bond acceptors (Lipinski definition) is 2. The van der Waals surface area contributed by atoms with Crippen molar-refractivity contribution >= 4 is 0 Å². The molecule has 0 bridgehead atoms. The maximum atomic E-state index is 4.84. The normalized spacial score (nSPS) is 12.0. The van der Waals surface area contributed by atoms with E-state index in [2.05, 4.69) is 21.1 Å². The van der Waals surface area contributed by atoms with Gasteiger partial charge < -0.3 is 4.48 Å². The zero-order valence-electron chi connectivity index (χ0n) is 7.39.